The number of nitrogens with zero attached hydrogens (tertiary/aromatic N) is 1. The van der Waals surface area contributed by atoms with E-state index in [-0.39, 0.29) is 11.7 Å². The van der Waals surface area contributed by atoms with Crippen molar-refractivity contribution < 1.29 is 14.5 Å². The van der Waals surface area contributed by atoms with Gasteiger partial charge in [-0.15, -0.1) is 0 Å². The summed E-state index contributed by atoms with van der Waals surface area (Å²) in [7, 11) is 0. The standard InChI is InChI=1S/C11H13NO4/c1-2-16-11(13)8-5-9-3-6-10(7-4-9)12(14)15/h3-4,6-7H,2,5,8H2,1H3. The fourth-order valence-electron chi connectivity index (χ4n) is 1.26. The quantitative estimate of drug-likeness (QED) is 0.435. The second-order valence-corrected chi connectivity index (χ2v) is 3.23. The average Bonchev–Trinajstić information content (AvgIpc) is 2.27. The van der Waals surface area contributed by atoms with Crippen molar-refractivity contribution in [3.8, 4) is 0 Å². The first-order chi connectivity index (χ1) is 7.63. The number of esters is 1. The first-order valence-electron chi connectivity index (χ1n) is 5.02. The molecular weight excluding hydrogens is 210 g/mol. The van der Waals surface area contributed by atoms with Crippen LogP contribution in [0.4, 0.5) is 5.69 Å². The Balaban J connectivity index is 2.49. The number of benzene rings is 1. The highest BCUT2D eigenvalue weighted by molar-refractivity contribution is 5.69. The van der Waals surface area contributed by atoms with Crippen molar-refractivity contribution in [2.75, 3.05) is 6.61 Å². The van der Waals surface area contributed by atoms with E-state index in [1.54, 1.807) is 19.1 Å². The van der Waals surface area contributed by atoms with Gasteiger partial charge in [-0.2, -0.15) is 0 Å². The molecule has 0 radical (unpaired) electrons. The molecule has 0 aliphatic carbocycles. The van der Waals surface area contributed by atoms with E-state index in [0.29, 0.717) is 19.4 Å². The Kier molecular flexibility index (Phi) is 4.44. The highest BCUT2D eigenvalue weighted by Crippen LogP contribution is 2.13. The zero-order valence-electron chi connectivity index (χ0n) is 9.01. The lowest BCUT2D eigenvalue weighted by Crippen LogP contribution is -2.05. The van der Waals surface area contributed by atoms with Crippen molar-refractivity contribution in [3.63, 3.8) is 0 Å². The Labute approximate surface area is 93.2 Å². The smallest absolute Gasteiger partial charge is 0.306 e. The molecule has 1 rings (SSSR count). The lowest BCUT2D eigenvalue weighted by Gasteiger charge is -2.01. The van der Waals surface area contributed by atoms with E-state index in [1.807, 2.05) is 0 Å². The van der Waals surface area contributed by atoms with Gasteiger partial charge in [0.15, 0.2) is 0 Å². The van der Waals surface area contributed by atoms with Gasteiger partial charge < -0.3 is 4.74 Å². The van der Waals surface area contributed by atoms with Crippen molar-refractivity contribution in [3.05, 3.63) is 39.9 Å². The Bertz CT molecular complexity index is 372. The van der Waals surface area contributed by atoms with Gasteiger partial charge in [-0.25, -0.2) is 0 Å². The molecular formula is C11H13NO4. The van der Waals surface area contributed by atoms with E-state index < -0.39 is 4.92 Å². The number of carbonyl (C=O) groups is 1. The van der Waals surface area contributed by atoms with E-state index in [2.05, 4.69) is 0 Å². The second kappa shape index (κ2) is 5.85. The van der Waals surface area contributed by atoms with Gasteiger partial charge in [0.2, 0.25) is 0 Å². The zero-order chi connectivity index (χ0) is 12.0. The van der Waals surface area contributed by atoms with E-state index >= 15 is 0 Å². The molecule has 0 heterocycles. The van der Waals surface area contributed by atoms with Crippen molar-refractivity contribution >= 4 is 11.7 Å². The third kappa shape index (κ3) is 3.68. The van der Waals surface area contributed by atoms with Crippen molar-refractivity contribution in [1.29, 1.82) is 0 Å². The van der Waals surface area contributed by atoms with Crippen LogP contribution < -0.4 is 0 Å². The summed E-state index contributed by atoms with van der Waals surface area (Å²) >= 11 is 0. The molecule has 0 spiro atoms. The van der Waals surface area contributed by atoms with Gasteiger partial charge in [0.1, 0.15) is 0 Å². The summed E-state index contributed by atoms with van der Waals surface area (Å²) < 4.78 is 4.78. The fraction of sp³-hybridized carbons (Fsp3) is 0.364. The van der Waals surface area contributed by atoms with Gasteiger partial charge in [-0.1, -0.05) is 12.1 Å². The molecule has 0 N–H and O–H groups in total. The summed E-state index contributed by atoms with van der Waals surface area (Å²) in [6, 6.07) is 6.16. The largest absolute Gasteiger partial charge is 0.466 e. The minimum absolute atomic E-state index is 0.0554. The van der Waals surface area contributed by atoms with Crippen LogP contribution in [0.2, 0.25) is 0 Å². The van der Waals surface area contributed by atoms with E-state index in [1.165, 1.54) is 12.1 Å². The minimum Gasteiger partial charge on any atom is -0.466 e. The predicted octanol–water partition coefficient (Wildman–Crippen LogP) is 2.09. The van der Waals surface area contributed by atoms with Gasteiger partial charge in [-0.05, 0) is 18.9 Å². The summed E-state index contributed by atoms with van der Waals surface area (Å²) in [6.07, 6.45) is 0.836. The van der Waals surface area contributed by atoms with Crippen LogP contribution in [0, 0.1) is 10.1 Å². The Morgan fingerprint density at radius 2 is 2.00 bits per heavy atom. The van der Waals surface area contributed by atoms with Crippen LogP contribution in [0.3, 0.4) is 0 Å². The average molecular weight is 223 g/mol. The lowest BCUT2D eigenvalue weighted by molar-refractivity contribution is -0.384. The second-order valence-electron chi connectivity index (χ2n) is 3.23. The molecule has 0 bridgehead atoms. The van der Waals surface area contributed by atoms with Crippen molar-refractivity contribution in [2.24, 2.45) is 0 Å². The maximum Gasteiger partial charge on any atom is 0.306 e. The van der Waals surface area contributed by atoms with Gasteiger partial charge >= 0.3 is 5.97 Å². The number of rotatable bonds is 5. The van der Waals surface area contributed by atoms with E-state index in [9.17, 15) is 14.9 Å². The molecule has 1 aromatic carbocycles. The third-order valence-electron chi connectivity index (χ3n) is 2.07. The van der Waals surface area contributed by atoms with E-state index in [4.69, 9.17) is 4.74 Å². The van der Waals surface area contributed by atoms with Gasteiger partial charge in [-0.3, -0.25) is 14.9 Å². The molecule has 0 aromatic heterocycles. The van der Waals surface area contributed by atoms with Crippen LogP contribution in [-0.2, 0) is 16.0 Å². The molecule has 0 aliphatic heterocycles. The van der Waals surface area contributed by atoms with Crippen LogP contribution in [0.1, 0.15) is 18.9 Å². The Hall–Kier alpha value is -1.91. The summed E-state index contributed by atoms with van der Waals surface area (Å²) in [4.78, 5) is 21.0. The molecule has 0 amide bonds. The number of ether oxygens (including phenoxy) is 1. The molecule has 16 heavy (non-hydrogen) atoms. The maximum atomic E-state index is 11.1. The molecule has 0 atom stereocenters. The number of nitro groups is 1. The highest BCUT2D eigenvalue weighted by Gasteiger charge is 2.06. The van der Waals surface area contributed by atoms with Crippen molar-refractivity contribution in [1.82, 2.24) is 0 Å². The first-order valence-corrected chi connectivity index (χ1v) is 5.02. The van der Waals surface area contributed by atoms with Crippen molar-refractivity contribution in [2.45, 2.75) is 19.8 Å². The molecule has 5 nitrogen and oxygen atoms in total. The monoisotopic (exact) mass is 223 g/mol. The first kappa shape index (κ1) is 12.2. The lowest BCUT2D eigenvalue weighted by atomic mass is 10.1. The van der Waals surface area contributed by atoms with Crippen LogP contribution in [-0.4, -0.2) is 17.5 Å². The van der Waals surface area contributed by atoms with Gasteiger partial charge in [0.25, 0.3) is 5.69 Å². The van der Waals surface area contributed by atoms with Crippen LogP contribution >= 0.6 is 0 Å². The maximum absolute atomic E-state index is 11.1. The molecule has 86 valence electrons. The molecule has 0 fully saturated rings. The minimum atomic E-state index is -0.449. The van der Waals surface area contributed by atoms with Crippen LogP contribution in [0.15, 0.2) is 24.3 Å². The summed E-state index contributed by atoms with van der Waals surface area (Å²) in [5, 5.41) is 10.4. The third-order valence-corrected chi connectivity index (χ3v) is 2.07. The Morgan fingerprint density at radius 3 is 2.50 bits per heavy atom. The topological polar surface area (TPSA) is 69.4 Å². The molecule has 0 unspecified atom stereocenters. The molecule has 0 saturated heterocycles. The number of carbonyl (C=O) groups excluding carboxylic acids is 1. The number of hydrogen-bond donors (Lipinski definition) is 0. The normalized spacial score (nSPS) is 9.81. The molecule has 1 aromatic rings. The summed E-state index contributed by atoms with van der Waals surface area (Å²) in [5.74, 6) is -0.249. The number of hydrogen-bond acceptors (Lipinski definition) is 4. The van der Waals surface area contributed by atoms with Crippen LogP contribution in [0.25, 0.3) is 0 Å². The number of nitro benzene ring substituents is 1. The molecule has 0 aliphatic rings. The van der Waals surface area contributed by atoms with E-state index in [0.717, 1.165) is 5.56 Å². The molecule has 0 saturated carbocycles. The van der Waals surface area contributed by atoms with Crippen LogP contribution in [0.5, 0.6) is 0 Å². The number of aryl methyl sites for hydroxylation is 1. The summed E-state index contributed by atoms with van der Waals surface area (Å²) in [5.41, 5.74) is 0.943. The fourth-order valence-corrected chi connectivity index (χ4v) is 1.26. The van der Waals surface area contributed by atoms with Gasteiger partial charge in [0.05, 0.1) is 11.5 Å². The Morgan fingerprint density at radius 1 is 1.38 bits per heavy atom. The SMILES string of the molecule is CCOC(=O)CCc1ccc([N+](=O)[O-])cc1. The number of non-ortho nitro benzene ring substituents is 1. The summed E-state index contributed by atoms with van der Waals surface area (Å²) in [6.45, 7) is 2.13. The van der Waals surface area contributed by atoms with Gasteiger partial charge in [0, 0.05) is 18.6 Å². The zero-order valence-corrected chi connectivity index (χ0v) is 9.01. The highest BCUT2D eigenvalue weighted by atomic mass is 16.6. The predicted molar refractivity (Wildman–Crippen MR) is 58.1 cm³/mol. The molecule has 5 heteroatoms.